The van der Waals surface area contributed by atoms with E-state index in [4.69, 9.17) is 23.2 Å². The van der Waals surface area contributed by atoms with Crippen LogP contribution in [0.25, 0.3) is 0 Å². The normalized spacial score (nSPS) is 22.6. The summed E-state index contributed by atoms with van der Waals surface area (Å²) in [6, 6.07) is 16.6. The molecule has 3 aliphatic carbocycles. The lowest BCUT2D eigenvalue weighted by atomic mass is 9.59. The van der Waals surface area contributed by atoms with Crippen LogP contribution in [0.15, 0.2) is 60.9 Å². The summed E-state index contributed by atoms with van der Waals surface area (Å²) in [5.41, 5.74) is 6.38. The first-order valence-corrected chi connectivity index (χ1v) is 9.70. The van der Waals surface area contributed by atoms with Gasteiger partial charge in [0.05, 0.1) is 0 Å². The van der Waals surface area contributed by atoms with Gasteiger partial charge in [-0.15, -0.1) is 0 Å². The third kappa shape index (κ3) is 2.44. The molecule has 2 bridgehead atoms. The van der Waals surface area contributed by atoms with E-state index in [0.29, 0.717) is 11.8 Å². The van der Waals surface area contributed by atoms with Crippen molar-refractivity contribution in [1.29, 1.82) is 0 Å². The van der Waals surface area contributed by atoms with E-state index in [1.807, 2.05) is 36.7 Å². The number of nitrogens with one attached hydrogen (secondary N) is 1. The van der Waals surface area contributed by atoms with E-state index < -0.39 is 0 Å². The van der Waals surface area contributed by atoms with E-state index in [2.05, 4.69) is 34.6 Å². The number of hydrogen-bond acceptors (Lipinski definition) is 2. The SMILES string of the molecule is Clc1cccc2c1C1c3c(Cl)cccc3C2CC1CNc1ccncc1. The summed E-state index contributed by atoms with van der Waals surface area (Å²) in [7, 11) is 0. The molecule has 0 saturated carbocycles. The third-order valence-corrected chi connectivity index (χ3v) is 6.46. The Labute approximate surface area is 163 Å². The van der Waals surface area contributed by atoms with Crippen molar-refractivity contribution >= 4 is 28.9 Å². The van der Waals surface area contributed by atoms with Crippen molar-refractivity contribution < 1.29 is 0 Å². The summed E-state index contributed by atoms with van der Waals surface area (Å²) in [6.07, 6.45) is 4.74. The average molecular weight is 381 g/mol. The van der Waals surface area contributed by atoms with Crippen LogP contribution in [0.1, 0.15) is 40.5 Å². The monoisotopic (exact) mass is 380 g/mol. The van der Waals surface area contributed by atoms with Gasteiger partial charge in [-0.1, -0.05) is 47.5 Å². The minimum atomic E-state index is 0.238. The fourth-order valence-electron chi connectivity index (χ4n) is 4.77. The highest BCUT2D eigenvalue weighted by atomic mass is 35.5. The molecule has 1 heterocycles. The zero-order valence-corrected chi connectivity index (χ0v) is 15.6. The molecule has 3 aliphatic rings. The largest absolute Gasteiger partial charge is 0.385 e. The first kappa shape index (κ1) is 16.2. The van der Waals surface area contributed by atoms with Gasteiger partial charge in [-0.25, -0.2) is 0 Å². The van der Waals surface area contributed by atoms with E-state index in [1.165, 1.54) is 22.3 Å². The molecule has 130 valence electrons. The standard InChI is InChI=1S/C22H18Cl2N2/c23-18-5-1-3-15-17-11-13(12-26-14-7-9-25-10-8-14)20(21(15)18)22-16(17)4-2-6-19(22)24/h1-10,13,17,20H,11-12H2,(H,25,26). The summed E-state index contributed by atoms with van der Waals surface area (Å²) in [5, 5.41) is 5.29. The van der Waals surface area contributed by atoms with Crippen molar-refractivity contribution in [3.8, 4) is 0 Å². The van der Waals surface area contributed by atoms with E-state index >= 15 is 0 Å². The van der Waals surface area contributed by atoms with Crippen LogP contribution in [-0.4, -0.2) is 11.5 Å². The summed E-state index contributed by atoms with van der Waals surface area (Å²) in [6.45, 7) is 0.889. The summed E-state index contributed by atoms with van der Waals surface area (Å²) in [4.78, 5) is 4.09. The van der Waals surface area contributed by atoms with Gasteiger partial charge < -0.3 is 5.32 Å². The second-order valence-corrected chi connectivity index (χ2v) is 7.94. The Hall–Kier alpha value is -2.03. The Morgan fingerprint density at radius 2 is 1.50 bits per heavy atom. The highest BCUT2D eigenvalue weighted by molar-refractivity contribution is 6.32. The molecule has 2 aromatic carbocycles. The van der Waals surface area contributed by atoms with Gasteiger partial charge in [-0.3, -0.25) is 4.98 Å². The molecule has 2 nitrogen and oxygen atoms in total. The number of aromatic nitrogens is 1. The zero-order valence-electron chi connectivity index (χ0n) is 14.1. The number of nitrogens with zero attached hydrogens (tertiary/aromatic N) is 1. The molecule has 0 radical (unpaired) electrons. The van der Waals surface area contributed by atoms with Crippen molar-refractivity contribution in [2.45, 2.75) is 18.3 Å². The van der Waals surface area contributed by atoms with Crippen molar-refractivity contribution in [3.05, 3.63) is 93.2 Å². The van der Waals surface area contributed by atoms with Crippen LogP contribution < -0.4 is 5.32 Å². The van der Waals surface area contributed by atoms with Gasteiger partial charge >= 0.3 is 0 Å². The number of benzene rings is 2. The highest BCUT2D eigenvalue weighted by Crippen LogP contribution is 2.58. The smallest absolute Gasteiger partial charge is 0.0447 e. The van der Waals surface area contributed by atoms with Gasteiger partial charge in [-0.2, -0.15) is 0 Å². The van der Waals surface area contributed by atoms with Crippen molar-refractivity contribution in [2.75, 3.05) is 11.9 Å². The van der Waals surface area contributed by atoms with Crippen molar-refractivity contribution in [2.24, 2.45) is 5.92 Å². The van der Waals surface area contributed by atoms with Crippen LogP contribution in [0.5, 0.6) is 0 Å². The maximum Gasteiger partial charge on any atom is 0.0447 e. The van der Waals surface area contributed by atoms with Gasteiger partial charge in [0.2, 0.25) is 0 Å². The van der Waals surface area contributed by atoms with E-state index in [-0.39, 0.29) is 5.92 Å². The topological polar surface area (TPSA) is 24.9 Å². The molecule has 0 spiro atoms. The summed E-state index contributed by atoms with van der Waals surface area (Å²) >= 11 is 13.3. The molecule has 26 heavy (non-hydrogen) atoms. The highest BCUT2D eigenvalue weighted by Gasteiger charge is 2.45. The molecule has 6 rings (SSSR count). The Bertz CT molecular complexity index is 918. The molecule has 3 aromatic rings. The lowest BCUT2D eigenvalue weighted by Crippen LogP contribution is -2.36. The number of rotatable bonds is 3. The molecule has 0 amide bonds. The van der Waals surface area contributed by atoms with Crippen LogP contribution in [0.2, 0.25) is 10.0 Å². The Morgan fingerprint density at radius 1 is 0.885 bits per heavy atom. The van der Waals surface area contributed by atoms with Gasteiger partial charge in [0.25, 0.3) is 0 Å². The lowest BCUT2D eigenvalue weighted by molar-refractivity contribution is 0.373. The molecule has 4 heteroatoms. The fraction of sp³-hybridized carbons (Fsp3) is 0.227. The van der Waals surface area contributed by atoms with Gasteiger partial charge in [-0.05, 0) is 58.9 Å². The molecular formula is C22H18Cl2N2. The zero-order chi connectivity index (χ0) is 17.7. The molecule has 1 aromatic heterocycles. The lowest BCUT2D eigenvalue weighted by Gasteiger charge is -2.46. The molecule has 1 N–H and O–H groups in total. The molecule has 0 saturated heterocycles. The molecule has 1 atom stereocenters. The van der Waals surface area contributed by atoms with Crippen LogP contribution >= 0.6 is 23.2 Å². The maximum absolute atomic E-state index is 6.67. The maximum atomic E-state index is 6.67. The summed E-state index contributed by atoms with van der Waals surface area (Å²) < 4.78 is 0. The van der Waals surface area contributed by atoms with Crippen molar-refractivity contribution in [3.63, 3.8) is 0 Å². The Balaban J connectivity index is 1.58. The Kier molecular flexibility index (Phi) is 3.91. The van der Waals surface area contributed by atoms with E-state index in [9.17, 15) is 0 Å². The Morgan fingerprint density at radius 3 is 2.12 bits per heavy atom. The number of halogens is 2. The predicted octanol–water partition coefficient (Wildman–Crippen LogP) is 6.10. The number of pyridine rings is 1. The molecule has 1 unspecified atom stereocenters. The number of hydrogen-bond donors (Lipinski definition) is 1. The second kappa shape index (κ2) is 6.29. The van der Waals surface area contributed by atoms with Crippen molar-refractivity contribution in [1.82, 2.24) is 4.98 Å². The number of anilines is 1. The van der Waals surface area contributed by atoms with Crippen LogP contribution in [-0.2, 0) is 0 Å². The first-order chi connectivity index (χ1) is 12.7. The minimum absolute atomic E-state index is 0.238. The van der Waals surface area contributed by atoms with Crippen LogP contribution in [0, 0.1) is 5.92 Å². The summed E-state index contributed by atoms with van der Waals surface area (Å²) in [5.74, 6) is 1.06. The average Bonchev–Trinajstić information content (AvgIpc) is 2.68. The third-order valence-electron chi connectivity index (χ3n) is 5.80. The van der Waals surface area contributed by atoms with Crippen LogP contribution in [0.4, 0.5) is 5.69 Å². The molecule has 0 fully saturated rings. The van der Waals surface area contributed by atoms with E-state index in [1.54, 1.807) is 0 Å². The quantitative estimate of drug-likeness (QED) is 0.593. The molecular weight excluding hydrogens is 363 g/mol. The van der Waals surface area contributed by atoms with Gasteiger partial charge in [0.15, 0.2) is 0 Å². The van der Waals surface area contributed by atoms with Gasteiger partial charge in [0, 0.05) is 46.5 Å². The van der Waals surface area contributed by atoms with Gasteiger partial charge in [0.1, 0.15) is 0 Å². The second-order valence-electron chi connectivity index (χ2n) is 7.13. The fourth-order valence-corrected chi connectivity index (χ4v) is 5.37. The molecule has 0 aliphatic heterocycles. The number of fused-ring (bicyclic) bond motifs is 1. The van der Waals surface area contributed by atoms with E-state index in [0.717, 1.165) is 28.7 Å². The van der Waals surface area contributed by atoms with Crippen LogP contribution in [0.3, 0.4) is 0 Å². The minimum Gasteiger partial charge on any atom is -0.385 e. The first-order valence-electron chi connectivity index (χ1n) is 8.94. The predicted molar refractivity (Wildman–Crippen MR) is 107 cm³/mol.